The van der Waals surface area contributed by atoms with Crippen molar-refractivity contribution < 1.29 is 19.8 Å². The van der Waals surface area contributed by atoms with Crippen LogP contribution >= 0.6 is 0 Å². The van der Waals surface area contributed by atoms with Crippen LogP contribution in [0.3, 0.4) is 0 Å². The number of benzene rings is 1. The minimum absolute atomic E-state index is 0.112. The fourth-order valence-corrected chi connectivity index (χ4v) is 2.16. The maximum Gasteiger partial charge on any atom is 0.339 e. The Kier molecular flexibility index (Phi) is 3.55. The summed E-state index contributed by atoms with van der Waals surface area (Å²) in [5.74, 6) is -1.63. The maximum atomic E-state index is 11.2. The molecule has 3 aromatic rings. The van der Waals surface area contributed by atoms with Gasteiger partial charge in [0.2, 0.25) is 0 Å². The smallest absolute Gasteiger partial charge is 0.339 e. The maximum absolute atomic E-state index is 11.2. The number of aldehydes is 1. The topological polar surface area (TPSA) is 118 Å². The second kappa shape index (κ2) is 5.68. The van der Waals surface area contributed by atoms with Gasteiger partial charge in [0.1, 0.15) is 17.0 Å². The molecule has 0 aliphatic rings. The van der Waals surface area contributed by atoms with Gasteiger partial charge in [0.15, 0.2) is 12.0 Å². The van der Waals surface area contributed by atoms with E-state index in [1.165, 1.54) is 22.9 Å². The molecule has 114 valence electrons. The summed E-state index contributed by atoms with van der Waals surface area (Å²) in [6, 6.07) is 7.35. The normalized spacial score (nSPS) is 10.4. The lowest BCUT2D eigenvalue weighted by Crippen LogP contribution is -2.03. The Bertz CT molecular complexity index is 890. The SMILES string of the molecule is O=Cc1nnn(-c2ccc(O)c(C(=O)O)c2)c1-c1ccncc1. The molecule has 0 bridgehead atoms. The van der Waals surface area contributed by atoms with E-state index in [1.807, 2.05) is 0 Å². The van der Waals surface area contributed by atoms with E-state index in [0.29, 0.717) is 23.2 Å². The van der Waals surface area contributed by atoms with Gasteiger partial charge >= 0.3 is 5.97 Å². The molecule has 1 aromatic carbocycles. The number of aromatic carboxylic acids is 1. The van der Waals surface area contributed by atoms with E-state index in [2.05, 4.69) is 15.3 Å². The van der Waals surface area contributed by atoms with Gasteiger partial charge < -0.3 is 10.2 Å². The molecule has 0 saturated heterocycles. The number of carbonyl (C=O) groups excluding carboxylic acids is 1. The highest BCUT2D eigenvalue weighted by atomic mass is 16.4. The van der Waals surface area contributed by atoms with Crippen LogP contribution in [0.4, 0.5) is 0 Å². The van der Waals surface area contributed by atoms with Crippen LogP contribution in [-0.4, -0.2) is 42.4 Å². The van der Waals surface area contributed by atoms with Crippen LogP contribution in [0.15, 0.2) is 42.7 Å². The molecule has 0 atom stereocenters. The predicted octanol–water partition coefficient (Wildman–Crippen LogP) is 1.55. The van der Waals surface area contributed by atoms with E-state index in [0.717, 1.165) is 0 Å². The molecule has 8 heteroatoms. The van der Waals surface area contributed by atoms with Crippen LogP contribution < -0.4 is 0 Å². The van der Waals surface area contributed by atoms with Crippen molar-refractivity contribution >= 4 is 12.3 Å². The van der Waals surface area contributed by atoms with Gasteiger partial charge in [-0.05, 0) is 30.3 Å². The molecule has 0 spiro atoms. The molecule has 0 aliphatic carbocycles. The molecule has 0 aliphatic heterocycles. The zero-order valence-corrected chi connectivity index (χ0v) is 11.6. The molecule has 0 unspecified atom stereocenters. The van der Waals surface area contributed by atoms with E-state index in [9.17, 15) is 14.7 Å². The Hall–Kier alpha value is -3.55. The van der Waals surface area contributed by atoms with E-state index in [-0.39, 0.29) is 17.0 Å². The van der Waals surface area contributed by atoms with Crippen LogP contribution in [0.1, 0.15) is 20.8 Å². The quantitative estimate of drug-likeness (QED) is 0.702. The zero-order valence-electron chi connectivity index (χ0n) is 11.6. The Labute approximate surface area is 129 Å². The van der Waals surface area contributed by atoms with Crippen molar-refractivity contribution in [2.24, 2.45) is 0 Å². The minimum atomic E-state index is -1.27. The molecule has 3 rings (SSSR count). The molecule has 23 heavy (non-hydrogen) atoms. The number of nitrogens with zero attached hydrogens (tertiary/aromatic N) is 4. The molecular formula is C15H10N4O4. The van der Waals surface area contributed by atoms with E-state index in [1.54, 1.807) is 24.5 Å². The van der Waals surface area contributed by atoms with Gasteiger partial charge in [0.25, 0.3) is 0 Å². The van der Waals surface area contributed by atoms with Gasteiger partial charge in [-0.3, -0.25) is 9.78 Å². The Morgan fingerprint density at radius 1 is 1.17 bits per heavy atom. The molecular weight excluding hydrogens is 300 g/mol. The number of carboxylic acid groups (broad SMARTS) is 1. The van der Waals surface area contributed by atoms with Crippen LogP contribution in [0.25, 0.3) is 16.9 Å². The summed E-state index contributed by atoms with van der Waals surface area (Å²) in [7, 11) is 0. The first-order valence-corrected chi connectivity index (χ1v) is 6.49. The highest BCUT2D eigenvalue weighted by Gasteiger charge is 2.18. The third-order valence-electron chi connectivity index (χ3n) is 3.22. The lowest BCUT2D eigenvalue weighted by molar-refractivity contribution is 0.0693. The molecule has 0 amide bonds. The number of aromatic hydroxyl groups is 1. The average Bonchev–Trinajstić information content (AvgIpc) is 2.99. The van der Waals surface area contributed by atoms with Crippen LogP contribution in [0.2, 0.25) is 0 Å². The number of carboxylic acids is 1. The van der Waals surface area contributed by atoms with E-state index >= 15 is 0 Å². The molecule has 2 aromatic heterocycles. The summed E-state index contributed by atoms with van der Waals surface area (Å²) in [4.78, 5) is 26.3. The molecule has 2 heterocycles. The third-order valence-corrected chi connectivity index (χ3v) is 3.22. The van der Waals surface area contributed by atoms with Crippen LogP contribution in [-0.2, 0) is 0 Å². The largest absolute Gasteiger partial charge is 0.507 e. The summed E-state index contributed by atoms with van der Waals surface area (Å²) < 4.78 is 1.34. The number of hydrogen-bond acceptors (Lipinski definition) is 6. The molecule has 0 fully saturated rings. The molecule has 0 radical (unpaired) electrons. The number of hydrogen-bond donors (Lipinski definition) is 2. The second-order valence-electron chi connectivity index (χ2n) is 4.60. The first kappa shape index (κ1) is 14.4. The molecule has 2 N–H and O–H groups in total. The first-order chi connectivity index (χ1) is 11.1. The minimum Gasteiger partial charge on any atom is -0.507 e. The van der Waals surface area contributed by atoms with Crippen LogP contribution in [0, 0.1) is 0 Å². The van der Waals surface area contributed by atoms with Gasteiger partial charge in [0, 0.05) is 18.0 Å². The summed E-state index contributed by atoms with van der Waals surface area (Å²) in [6.07, 6.45) is 3.68. The van der Waals surface area contributed by atoms with E-state index in [4.69, 9.17) is 5.11 Å². The van der Waals surface area contributed by atoms with Crippen molar-refractivity contribution in [1.29, 1.82) is 0 Å². The zero-order chi connectivity index (χ0) is 16.4. The summed E-state index contributed by atoms with van der Waals surface area (Å²) >= 11 is 0. The van der Waals surface area contributed by atoms with Crippen molar-refractivity contribution in [1.82, 2.24) is 20.0 Å². The highest BCUT2D eigenvalue weighted by Crippen LogP contribution is 2.26. The average molecular weight is 310 g/mol. The highest BCUT2D eigenvalue weighted by molar-refractivity contribution is 5.91. The van der Waals surface area contributed by atoms with Crippen molar-refractivity contribution in [3.05, 3.63) is 54.0 Å². The standard InChI is InChI=1S/C15H10N4O4/c20-8-12-14(9-3-5-16-6-4-9)19(18-17-12)10-1-2-13(21)11(7-10)15(22)23/h1-8,21H,(H,22,23). The predicted molar refractivity (Wildman–Crippen MR) is 78.6 cm³/mol. The summed E-state index contributed by atoms with van der Waals surface area (Å²) in [5.41, 5.74) is 1.25. The number of rotatable bonds is 4. The number of aromatic nitrogens is 4. The van der Waals surface area contributed by atoms with Gasteiger partial charge in [-0.1, -0.05) is 5.21 Å². The number of phenols is 1. The van der Waals surface area contributed by atoms with Gasteiger partial charge in [0.05, 0.1) is 5.69 Å². The Morgan fingerprint density at radius 3 is 2.57 bits per heavy atom. The van der Waals surface area contributed by atoms with Crippen LogP contribution in [0.5, 0.6) is 5.75 Å². The second-order valence-corrected chi connectivity index (χ2v) is 4.60. The van der Waals surface area contributed by atoms with Crippen molar-refractivity contribution in [2.45, 2.75) is 0 Å². The fourth-order valence-electron chi connectivity index (χ4n) is 2.16. The Balaban J connectivity index is 2.22. The van der Waals surface area contributed by atoms with Gasteiger partial charge in [-0.15, -0.1) is 5.10 Å². The number of carbonyl (C=O) groups is 2. The number of pyridine rings is 1. The molecule has 8 nitrogen and oxygen atoms in total. The van der Waals surface area contributed by atoms with Crippen molar-refractivity contribution in [2.75, 3.05) is 0 Å². The summed E-state index contributed by atoms with van der Waals surface area (Å²) in [5, 5.41) is 26.4. The summed E-state index contributed by atoms with van der Waals surface area (Å²) in [6.45, 7) is 0. The van der Waals surface area contributed by atoms with Gasteiger partial charge in [-0.25, -0.2) is 9.48 Å². The fraction of sp³-hybridized carbons (Fsp3) is 0. The van der Waals surface area contributed by atoms with Gasteiger partial charge in [-0.2, -0.15) is 0 Å². The first-order valence-electron chi connectivity index (χ1n) is 6.49. The monoisotopic (exact) mass is 310 g/mol. The Morgan fingerprint density at radius 2 is 1.91 bits per heavy atom. The van der Waals surface area contributed by atoms with E-state index < -0.39 is 5.97 Å². The van der Waals surface area contributed by atoms with Crippen molar-refractivity contribution in [3.8, 4) is 22.7 Å². The van der Waals surface area contributed by atoms with Crippen molar-refractivity contribution in [3.63, 3.8) is 0 Å². The lowest BCUT2D eigenvalue weighted by atomic mass is 10.1. The lowest BCUT2D eigenvalue weighted by Gasteiger charge is -2.08. The molecule has 0 saturated carbocycles. The third kappa shape index (κ3) is 2.53.